The van der Waals surface area contributed by atoms with E-state index in [1.165, 1.54) is 0 Å². The Balaban J connectivity index is 1.80. The van der Waals surface area contributed by atoms with E-state index in [9.17, 15) is 4.79 Å². The molecule has 0 bridgehead atoms. The molecule has 0 saturated carbocycles. The number of carbonyl (C=O) groups excluding carboxylic acids is 1. The maximum Gasteiger partial charge on any atom is 0.289 e. The molecule has 3 rings (SSSR count). The molecular formula is C18H24N2O3. The van der Waals surface area contributed by atoms with E-state index >= 15 is 0 Å². The Morgan fingerprint density at radius 2 is 2.00 bits per heavy atom. The Labute approximate surface area is 136 Å². The third-order valence-electron chi connectivity index (χ3n) is 4.54. The minimum absolute atomic E-state index is 0.00573. The fraction of sp³-hybridized carbons (Fsp3) is 0.500. The van der Waals surface area contributed by atoms with Crippen LogP contribution in [0.3, 0.4) is 0 Å². The molecular weight excluding hydrogens is 292 g/mol. The highest BCUT2D eigenvalue weighted by molar-refractivity contribution is 5.99. The molecule has 5 nitrogen and oxygen atoms in total. The average Bonchev–Trinajstić information content (AvgIpc) is 2.91. The summed E-state index contributed by atoms with van der Waals surface area (Å²) in [5.41, 5.74) is 1.62. The van der Waals surface area contributed by atoms with Crippen LogP contribution in [0.5, 0.6) is 5.75 Å². The third-order valence-corrected chi connectivity index (χ3v) is 4.54. The van der Waals surface area contributed by atoms with Crippen LogP contribution in [0.4, 0.5) is 0 Å². The molecule has 124 valence electrons. The van der Waals surface area contributed by atoms with Crippen LogP contribution >= 0.6 is 0 Å². The maximum atomic E-state index is 12.8. The van der Waals surface area contributed by atoms with Gasteiger partial charge in [-0.2, -0.15) is 0 Å². The Hall–Kier alpha value is -2.01. The number of benzene rings is 1. The van der Waals surface area contributed by atoms with E-state index in [1.807, 2.05) is 30.0 Å². The molecule has 0 radical (unpaired) electrons. The fourth-order valence-electron chi connectivity index (χ4n) is 3.17. The second-order valence-corrected chi connectivity index (χ2v) is 6.05. The van der Waals surface area contributed by atoms with Gasteiger partial charge in [-0.1, -0.05) is 6.92 Å². The highest BCUT2D eigenvalue weighted by Crippen LogP contribution is 2.29. The smallest absolute Gasteiger partial charge is 0.289 e. The Morgan fingerprint density at radius 1 is 1.26 bits per heavy atom. The summed E-state index contributed by atoms with van der Waals surface area (Å²) in [6.45, 7) is 8.62. The second-order valence-electron chi connectivity index (χ2n) is 6.05. The summed E-state index contributed by atoms with van der Waals surface area (Å²) in [5.74, 6) is 1.22. The van der Waals surface area contributed by atoms with Crippen molar-refractivity contribution in [2.45, 2.75) is 20.3 Å². The Kier molecular flexibility index (Phi) is 4.57. The third kappa shape index (κ3) is 3.06. The van der Waals surface area contributed by atoms with Gasteiger partial charge in [0, 0.05) is 37.1 Å². The summed E-state index contributed by atoms with van der Waals surface area (Å²) < 4.78 is 11.1. The summed E-state index contributed by atoms with van der Waals surface area (Å²) in [4.78, 5) is 17.1. The van der Waals surface area contributed by atoms with Crippen LogP contribution in [0.1, 0.15) is 29.5 Å². The molecule has 2 aromatic rings. The summed E-state index contributed by atoms with van der Waals surface area (Å²) in [7, 11) is 1.64. The maximum absolute atomic E-state index is 12.8. The quantitative estimate of drug-likeness (QED) is 0.870. The molecule has 23 heavy (non-hydrogen) atoms. The predicted molar refractivity (Wildman–Crippen MR) is 90.1 cm³/mol. The fourth-order valence-corrected chi connectivity index (χ4v) is 3.17. The molecule has 0 N–H and O–H groups in total. The molecule has 1 saturated heterocycles. The molecule has 1 amide bonds. The SMILES string of the molecule is CCCN1CCN(C(=O)c2oc3ccc(OC)cc3c2C)CC1. The van der Waals surface area contributed by atoms with Gasteiger partial charge in [-0.3, -0.25) is 9.69 Å². The number of methoxy groups -OCH3 is 1. The monoisotopic (exact) mass is 316 g/mol. The molecule has 1 aromatic heterocycles. The number of piperazine rings is 1. The molecule has 0 unspecified atom stereocenters. The van der Waals surface area contributed by atoms with E-state index in [-0.39, 0.29) is 5.91 Å². The minimum Gasteiger partial charge on any atom is -0.497 e. The second kappa shape index (κ2) is 6.62. The van der Waals surface area contributed by atoms with Crippen molar-refractivity contribution in [3.63, 3.8) is 0 Å². The standard InChI is InChI=1S/C18H24N2O3/c1-4-7-19-8-10-20(11-9-19)18(21)17-13(2)15-12-14(22-3)5-6-16(15)23-17/h5-6,12H,4,7-11H2,1-3H3. The number of furan rings is 1. The van der Waals surface area contributed by atoms with Crippen molar-refractivity contribution in [2.24, 2.45) is 0 Å². The molecule has 0 spiro atoms. The van der Waals surface area contributed by atoms with Crippen molar-refractivity contribution in [1.29, 1.82) is 0 Å². The van der Waals surface area contributed by atoms with Gasteiger partial charge in [0.2, 0.25) is 0 Å². The molecule has 1 aromatic carbocycles. The number of nitrogens with zero attached hydrogens (tertiary/aromatic N) is 2. The van der Waals surface area contributed by atoms with Crippen LogP contribution in [-0.4, -0.2) is 55.5 Å². The van der Waals surface area contributed by atoms with Crippen LogP contribution in [0.2, 0.25) is 0 Å². The number of hydrogen-bond acceptors (Lipinski definition) is 4. The zero-order valence-corrected chi connectivity index (χ0v) is 14.1. The number of fused-ring (bicyclic) bond motifs is 1. The number of ether oxygens (including phenoxy) is 1. The van der Waals surface area contributed by atoms with Gasteiger partial charge in [0.25, 0.3) is 5.91 Å². The number of aryl methyl sites for hydroxylation is 1. The van der Waals surface area contributed by atoms with Crippen molar-refractivity contribution >= 4 is 16.9 Å². The lowest BCUT2D eigenvalue weighted by Gasteiger charge is -2.34. The summed E-state index contributed by atoms with van der Waals surface area (Å²) in [5, 5.41) is 0.942. The highest BCUT2D eigenvalue weighted by Gasteiger charge is 2.26. The van der Waals surface area contributed by atoms with Crippen LogP contribution in [0, 0.1) is 6.92 Å². The van der Waals surface area contributed by atoms with Crippen molar-refractivity contribution < 1.29 is 13.9 Å². The van der Waals surface area contributed by atoms with Crippen molar-refractivity contribution in [3.05, 3.63) is 29.5 Å². The first kappa shape index (κ1) is 15.9. The molecule has 0 aliphatic carbocycles. The molecule has 5 heteroatoms. The van der Waals surface area contributed by atoms with Gasteiger partial charge in [-0.05, 0) is 38.1 Å². The van der Waals surface area contributed by atoms with Crippen molar-refractivity contribution in [3.8, 4) is 5.75 Å². The van der Waals surface area contributed by atoms with E-state index in [1.54, 1.807) is 7.11 Å². The lowest BCUT2D eigenvalue weighted by Crippen LogP contribution is -2.48. The Bertz CT molecular complexity index is 700. The summed E-state index contributed by atoms with van der Waals surface area (Å²) in [6, 6.07) is 5.63. The number of hydrogen-bond donors (Lipinski definition) is 0. The number of carbonyl (C=O) groups is 1. The van der Waals surface area contributed by atoms with Crippen LogP contribution in [0.15, 0.2) is 22.6 Å². The topological polar surface area (TPSA) is 45.9 Å². The first-order valence-corrected chi connectivity index (χ1v) is 8.22. The Morgan fingerprint density at radius 3 is 2.65 bits per heavy atom. The summed E-state index contributed by atoms with van der Waals surface area (Å²) >= 11 is 0. The minimum atomic E-state index is -0.00573. The van der Waals surface area contributed by atoms with Gasteiger partial charge in [0.15, 0.2) is 5.76 Å². The molecule has 1 fully saturated rings. The van der Waals surface area contributed by atoms with Gasteiger partial charge in [0.05, 0.1) is 7.11 Å². The first-order valence-electron chi connectivity index (χ1n) is 8.22. The van der Waals surface area contributed by atoms with Gasteiger partial charge in [-0.15, -0.1) is 0 Å². The van der Waals surface area contributed by atoms with Crippen molar-refractivity contribution in [1.82, 2.24) is 9.80 Å². The van der Waals surface area contributed by atoms with E-state index in [0.717, 1.165) is 61.4 Å². The molecule has 1 aliphatic rings. The molecule has 2 heterocycles. The largest absolute Gasteiger partial charge is 0.497 e. The van der Waals surface area contributed by atoms with Gasteiger partial charge < -0.3 is 14.1 Å². The van der Waals surface area contributed by atoms with Gasteiger partial charge in [0.1, 0.15) is 11.3 Å². The lowest BCUT2D eigenvalue weighted by molar-refractivity contribution is 0.0608. The van der Waals surface area contributed by atoms with Gasteiger partial charge >= 0.3 is 0 Å². The molecule has 0 atom stereocenters. The van der Waals surface area contributed by atoms with Gasteiger partial charge in [-0.25, -0.2) is 0 Å². The summed E-state index contributed by atoms with van der Waals surface area (Å²) in [6.07, 6.45) is 1.15. The lowest BCUT2D eigenvalue weighted by atomic mass is 10.1. The van der Waals surface area contributed by atoms with Crippen molar-refractivity contribution in [2.75, 3.05) is 39.8 Å². The number of rotatable bonds is 4. The van der Waals surface area contributed by atoms with Crippen LogP contribution in [-0.2, 0) is 0 Å². The normalized spacial score (nSPS) is 16.0. The van der Waals surface area contributed by atoms with E-state index in [0.29, 0.717) is 5.76 Å². The van der Waals surface area contributed by atoms with E-state index in [2.05, 4.69) is 11.8 Å². The number of amides is 1. The van der Waals surface area contributed by atoms with Crippen LogP contribution < -0.4 is 4.74 Å². The first-order chi connectivity index (χ1) is 11.1. The van der Waals surface area contributed by atoms with Crippen LogP contribution in [0.25, 0.3) is 11.0 Å². The zero-order chi connectivity index (χ0) is 16.4. The van der Waals surface area contributed by atoms with E-state index < -0.39 is 0 Å². The van der Waals surface area contributed by atoms with E-state index in [4.69, 9.17) is 9.15 Å². The molecule has 1 aliphatic heterocycles. The highest BCUT2D eigenvalue weighted by atomic mass is 16.5. The average molecular weight is 316 g/mol. The zero-order valence-electron chi connectivity index (χ0n) is 14.1. The predicted octanol–water partition coefficient (Wildman–Crippen LogP) is 2.92.